The molecule has 0 aromatic rings. The highest BCUT2D eigenvalue weighted by Gasteiger charge is 2.92. The summed E-state index contributed by atoms with van der Waals surface area (Å²) < 4.78 is 56.0. The molecule has 0 aliphatic heterocycles. The van der Waals surface area contributed by atoms with E-state index < -0.39 is 23.0 Å². The van der Waals surface area contributed by atoms with Crippen molar-refractivity contribution in [2.45, 2.75) is 38.4 Å². The number of halogens is 4. The summed E-state index contributed by atoms with van der Waals surface area (Å²) in [5, 5.41) is 9.35. The van der Waals surface area contributed by atoms with E-state index in [9.17, 15) is 22.7 Å². The van der Waals surface area contributed by atoms with E-state index in [4.69, 9.17) is 0 Å². The number of hydrogen-bond acceptors (Lipinski definition) is 2. The molecule has 1 saturated carbocycles. The fourth-order valence-electron chi connectivity index (χ4n) is 1.63. The molecule has 6 heteroatoms. The lowest BCUT2D eigenvalue weighted by atomic mass is 9.59. The average Bonchev–Trinajstić information content (AvgIpc) is 2.02. The van der Waals surface area contributed by atoms with Gasteiger partial charge >= 0.3 is 11.8 Å². The van der Waals surface area contributed by atoms with Gasteiger partial charge in [-0.3, -0.25) is 0 Å². The third-order valence-electron chi connectivity index (χ3n) is 2.81. The van der Waals surface area contributed by atoms with Crippen molar-refractivity contribution in [2.24, 2.45) is 5.41 Å². The quantitative estimate of drug-likeness (QED) is 0.565. The molecule has 14 heavy (non-hydrogen) atoms. The molecule has 0 bridgehead atoms. The Balaban J connectivity index is 3.11. The third-order valence-corrected chi connectivity index (χ3v) is 2.81. The Kier molecular flexibility index (Phi) is 2.18. The first-order valence-corrected chi connectivity index (χ1v) is 4.18. The van der Waals surface area contributed by atoms with Crippen LogP contribution in [0.4, 0.5) is 17.6 Å². The molecule has 84 valence electrons. The standard InChI is InChI=1S/C8H12F4O2/c1-4-14-8(13)5(2,3)6(9,10)7(8,11)12/h13H,4H2,1-3H3. The maximum absolute atomic E-state index is 12.9. The minimum atomic E-state index is -4.54. The summed E-state index contributed by atoms with van der Waals surface area (Å²) in [6.45, 7) is 2.78. The molecule has 1 aliphatic carbocycles. The summed E-state index contributed by atoms with van der Waals surface area (Å²) in [6, 6.07) is 0. The first-order chi connectivity index (χ1) is 6.06. The minimum absolute atomic E-state index is 0.258. The lowest BCUT2D eigenvalue weighted by molar-refractivity contribution is -0.520. The lowest BCUT2D eigenvalue weighted by Gasteiger charge is -2.61. The van der Waals surface area contributed by atoms with Gasteiger partial charge in [-0.05, 0) is 20.8 Å². The summed E-state index contributed by atoms with van der Waals surface area (Å²) in [5.74, 6) is -11.9. The van der Waals surface area contributed by atoms with E-state index in [1.165, 1.54) is 6.92 Å². The van der Waals surface area contributed by atoms with Crippen LogP contribution in [0.15, 0.2) is 0 Å². The lowest BCUT2D eigenvalue weighted by Crippen LogP contribution is -2.84. The normalized spacial score (nSPS) is 37.7. The first kappa shape index (κ1) is 11.7. The van der Waals surface area contributed by atoms with Crippen LogP contribution in [-0.4, -0.2) is 29.3 Å². The van der Waals surface area contributed by atoms with Crippen LogP contribution in [0.2, 0.25) is 0 Å². The Morgan fingerprint density at radius 3 is 1.79 bits per heavy atom. The second kappa shape index (κ2) is 2.61. The number of alkyl halides is 4. The second-order valence-electron chi connectivity index (χ2n) is 3.85. The van der Waals surface area contributed by atoms with Crippen LogP contribution >= 0.6 is 0 Å². The molecule has 0 spiro atoms. The van der Waals surface area contributed by atoms with Gasteiger partial charge in [0.15, 0.2) is 0 Å². The highest BCUT2D eigenvalue weighted by atomic mass is 19.3. The zero-order valence-corrected chi connectivity index (χ0v) is 8.07. The molecule has 0 saturated heterocycles. The van der Waals surface area contributed by atoms with Gasteiger partial charge in [-0.15, -0.1) is 0 Å². The highest BCUT2D eigenvalue weighted by Crippen LogP contribution is 2.69. The van der Waals surface area contributed by atoms with E-state index in [2.05, 4.69) is 4.74 Å². The predicted octanol–water partition coefficient (Wildman–Crippen LogP) is 2.02. The zero-order chi connectivity index (χ0) is 11.4. The third kappa shape index (κ3) is 0.839. The van der Waals surface area contributed by atoms with Gasteiger partial charge in [-0.2, -0.15) is 17.6 Å². The Morgan fingerprint density at radius 1 is 1.07 bits per heavy atom. The van der Waals surface area contributed by atoms with Crippen molar-refractivity contribution >= 4 is 0 Å². The summed E-state index contributed by atoms with van der Waals surface area (Å²) in [7, 11) is 0. The fourth-order valence-corrected chi connectivity index (χ4v) is 1.63. The summed E-state index contributed by atoms with van der Waals surface area (Å²) in [4.78, 5) is 0. The van der Waals surface area contributed by atoms with Gasteiger partial charge in [0, 0.05) is 6.61 Å². The van der Waals surface area contributed by atoms with Crippen molar-refractivity contribution in [1.29, 1.82) is 0 Å². The van der Waals surface area contributed by atoms with Crippen molar-refractivity contribution in [3.8, 4) is 0 Å². The van der Waals surface area contributed by atoms with Crippen LogP contribution < -0.4 is 0 Å². The number of rotatable bonds is 2. The summed E-state index contributed by atoms with van der Waals surface area (Å²) in [5.41, 5.74) is -2.29. The van der Waals surface area contributed by atoms with Crippen molar-refractivity contribution in [2.75, 3.05) is 6.61 Å². The van der Waals surface area contributed by atoms with Crippen LogP contribution in [0.5, 0.6) is 0 Å². The fraction of sp³-hybridized carbons (Fsp3) is 1.00. The molecule has 1 fully saturated rings. The van der Waals surface area contributed by atoms with E-state index in [1.54, 1.807) is 0 Å². The minimum Gasteiger partial charge on any atom is -0.360 e. The van der Waals surface area contributed by atoms with Gasteiger partial charge in [0.25, 0.3) is 0 Å². The number of hydrogen-bond donors (Lipinski definition) is 1. The van der Waals surface area contributed by atoms with E-state index in [1.807, 2.05) is 0 Å². The van der Waals surface area contributed by atoms with E-state index in [0.717, 1.165) is 13.8 Å². The molecular formula is C8H12F4O2. The Morgan fingerprint density at radius 2 is 1.50 bits per heavy atom. The van der Waals surface area contributed by atoms with Crippen LogP contribution in [0.25, 0.3) is 0 Å². The molecule has 2 nitrogen and oxygen atoms in total. The molecule has 1 atom stereocenters. The first-order valence-electron chi connectivity index (χ1n) is 4.18. The van der Waals surface area contributed by atoms with Crippen LogP contribution in [0, 0.1) is 5.41 Å². The van der Waals surface area contributed by atoms with Crippen LogP contribution in [0.1, 0.15) is 20.8 Å². The van der Waals surface area contributed by atoms with Crippen molar-refractivity contribution < 1.29 is 27.4 Å². The molecule has 0 aromatic heterocycles. The van der Waals surface area contributed by atoms with Crippen molar-refractivity contribution in [3.05, 3.63) is 0 Å². The SMILES string of the molecule is CCOC1(O)C(C)(C)C(F)(F)C1(F)F. The number of aliphatic hydroxyl groups is 1. The molecule has 1 aliphatic rings. The molecule has 0 amide bonds. The maximum atomic E-state index is 12.9. The largest absolute Gasteiger partial charge is 0.363 e. The van der Waals surface area contributed by atoms with Crippen molar-refractivity contribution in [1.82, 2.24) is 0 Å². The molecule has 0 aromatic carbocycles. The Labute approximate surface area is 78.9 Å². The van der Waals surface area contributed by atoms with Gasteiger partial charge in [0.05, 0.1) is 5.41 Å². The van der Waals surface area contributed by atoms with E-state index in [0.29, 0.717) is 0 Å². The van der Waals surface area contributed by atoms with Crippen LogP contribution in [0.3, 0.4) is 0 Å². The monoisotopic (exact) mass is 216 g/mol. The molecule has 1 unspecified atom stereocenters. The zero-order valence-electron chi connectivity index (χ0n) is 8.07. The Hall–Kier alpha value is -0.360. The van der Waals surface area contributed by atoms with Gasteiger partial charge in [0.1, 0.15) is 0 Å². The summed E-state index contributed by atoms with van der Waals surface area (Å²) in [6.07, 6.45) is 0. The molecule has 0 radical (unpaired) electrons. The van der Waals surface area contributed by atoms with Gasteiger partial charge in [-0.1, -0.05) is 0 Å². The van der Waals surface area contributed by atoms with E-state index in [-0.39, 0.29) is 6.61 Å². The highest BCUT2D eigenvalue weighted by molar-refractivity contribution is 5.22. The van der Waals surface area contributed by atoms with Crippen molar-refractivity contribution in [3.63, 3.8) is 0 Å². The Bertz CT molecular complexity index is 232. The van der Waals surface area contributed by atoms with Gasteiger partial charge in [0.2, 0.25) is 5.79 Å². The van der Waals surface area contributed by atoms with Gasteiger partial charge < -0.3 is 9.84 Å². The van der Waals surface area contributed by atoms with Gasteiger partial charge in [-0.25, -0.2) is 0 Å². The number of ether oxygens (including phenoxy) is 1. The molecule has 1 rings (SSSR count). The average molecular weight is 216 g/mol. The van der Waals surface area contributed by atoms with Crippen LogP contribution in [-0.2, 0) is 4.74 Å². The molecule has 1 N–H and O–H groups in total. The topological polar surface area (TPSA) is 29.5 Å². The smallest absolute Gasteiger partial charge is 0.360 e. The van der Waals surface area contributed by atoms with E-state index >= 15 is 0 Å². The summed E-state index contributed by atoms with van der Waals surface area (Å²) >= 11 is 0. The molecular weight excluding hydrogens is 204 g/mol. The molecule has 0 heterocycles. The predicted molar refractivity (Wildman–Crippen MR) is 40.3 cm³/mol. The maximum Gasteiger partial charge on any atom is 0.363 e. The second-order valence-corrected chi connectivity index (χ2v) is 3.85.